The summed E-state index contributed by atoms with van der Waals surface area (Å²) in [6.45, 7) is 0. The number of carbonyl (C=O) groups excluding carboxylic acids is 2. The van der Waals surface area contributed by atoms with Crippen LogP contribution in [-0.2, 0) is 10.9 Å². The third kappa shape index (κ3) is 3.51. The van der Waals surface area contributed by atoms with Crippen LogP contribution in [0.25, 0.3) is 11.0 Å². The van der Waals surface area contributed by atoms with Gasteiger partial charge in [0.2, 0.25) is 5.82 Å². The van der Waals surface area contributed by atoms with E-state index in [9.17, 15) is 22.8 Å². The van der Waals surface area contributed by atoms with Crippen molar-refractivity contribution >= 4 is 28.6 Å². The number of nitrogens with zero attached hydrogens (tertiary/aromatic N) is 1. The molecule has 0 aliphatic carbocycles. The zero-order chi connectivity index (χ0) is 18.9. The van der Waals surface area contributed by atoms with Gasteiger partial charge in [-0.25, -0.2) is 9.78 Å². The lowest BCUT2D eigenvalue weighted by atomic mass is 10.1. The van der Waals surface area contributed by atoms with E-state index in [1.54, 1.807) is 0 Å². The molecule has 0 atom stereocenters. The van der Waals surface area contributed by atoms with Gasteiger partial charge in [-0.3, -0.25) is 4.79 Å². The average molecular weight is 363 g/mol. The van der Waals surface area contributed by atoms with Crippen molar-refractivity contribution in [2.45, 2.75) is 6.18 Å². The predicted octanol–water partition coefficient (Wildman–Crippen LogP) is 3.62. The zero-order valence-electron chi connectivity index (χ0n) is 13.3. The number of amides is 1. The van der Waals surface area contributed by atoms with Gasteiger partial charge in [0.05, 0.1) is 23.7 Å². The van der Waals surface area contributed by atoms with E-state index in [1.807, 2.05) is 0 Å². The van der Waals surface area contributed by atoms with Gasteiger partial charge in [0, 0.05) is 11.3 Å². The van der Waals surface area contributed by atoms with Crippen molar-refractivity contribution in [2.75, 3.05) is 12.4 Å². The molecule has 1 aromatic heterocycles. The van der Waals surface area contributed by atoms with Crippen molar-refractivity contribution in [3.8, 4) is 0 Å². The second kappa shape index (κ2) is 6.51. The van der Waals surface area contributed by atoms with E-state index in [4.69, 9.17) is 0 Å². The molecule has 0 radical (unpaired) electrons. The smallest absolute Gasteiger partial charge is 0.449 e. The van der Waals surface area contributed by atoms with Crippen molar-refractivity contribution in [1.29, 1.82) is 0 Å². The quantitative estimate of drug-likeness (QED) is 0.696. The molecular formula is C17H12F3N3O3. The maximum absolute atomic E-state index is 12.7. The summed E-state index contributed by atoms with van der Waals surface area (Å²) >= 11 is 0. The number of anilines is 1. The van der Waals surface area contributed by atoms with Gasteiger partial charge >= 0.3 is 12.1 Å². The molecule has 134 valence electrons. The number of alkyl halides is 3. The van der Waals surface area contributed by atoms with Crippen molar-refractivity contribution in [2.24, 2.45) is 0 Å². The Morgan fingerprint density at radius 3 is 2.35 bits per heavy atom. The van der Waals surface area contributed by atoms with Crippen molar-refractivity contribution in [3.05, 3.63) is 59.4 Å². The summed E-state index contributed by atoms with van der Waals surface area (Å²) in [4.78, 5) is 29.2. The number of hydrogen-bond acceptors (Lipinski definition) is 4. The fraction of sp³-hybridized carbons (Fsp3) is 0.118. The lowest BCUT2D eigenvalue weighted by Gasteiger charge is -2.06. The van der Waals surface area contributed by atoms with Crippen molar-refractivity contribution < 1.29 is 27.5 Å². The van der Waals surface area contributed by atoms with Gasteiger partial charge < -0.3 is 15.0 Å². The van der Waals surface area contributed by atoms with E-state index in [2.05, 4.69) is 20.0 Å². The molecule has 0 saturated carbocycles. The highest BCUT2D eigenvalue weighted by molar-refractivity contribution is 6.06. The second-order valence-corrected chi connectivity index (χ2v) is 5.34. The number of nitrogens with one attached hydrogen (secondary N) is 2. The van der Waals surface area contributed by atoms with Crippen LogP contribution in [0.4, 0.5) is 18.9 Å². The highest BCUT2D eigenvalue weighted by Crippen LogP contribution is 2.28. The number of rotatable bonds is 3. The molecule has 9 heteroatoms. The number of esters is 1. The number of fused-ring (bicyclic) bond motifs is 1. The van der Waals surface area contributed by atoms with E-state index in [0.717, 1.165) is 0 Å². The molecule has 0 unspecified atom stereocenters. The van der Waals surface area contributed by atoms with Gasteiger partial charge in [-0.1, -0.05) is 0 Å². The van der Waals surface area contributed by atoms with Crippen LogP contribution in [0.3, 0.4) is 0 Å². The summed E-state index contributed by atoms with van der Waals surface area (Å²) in [7, 11) is 1.26. The molecule has 6 nitrogen and oxygen atoms in total. The molecule has 0 saturated heterocycles. The van der Waals surface area contributed by atoms with Gasteiger partial charge in [0.15, 0.2) is 0 Å². The summed E-state index contributed by atoms with van der Waals surface area (Å²) in [5.74, 6) is -2.14. The number of benzene rings is 2. The summed E-state index contributed by atoms with van der Waals surface area (Å²) in [6.07, 6.45) is -4.59. The molecule has 0 aliphatic heterocycles. The normalized spacial score (nSPS) is 11.4. The number of aromatic amines is 1. The average Bonchev–Trinajstić information content (AvgIpc) is 3.05. The van der Waals surface area contributed by atoms with E-state index < -0.39 is 23.9 Å². The molecule has 0 spiro atoms. The Balaban J connectivity index is 1.80. The van der Waals surface area contributed by atoms with Crippen LogP contribution < -0.4 is 5.32 Å². The van der Waals surface area contributed by atoms with Gasteiger partial charge in [-0.15, -0.1) is 0 Å². The first-order valence-electron chi connectivity index (χ1n) is 7.34. The topological polar surface area (TPSA) is 84.1 Å². The van der Waals surface area contributed by atoms with Crippen LogP contribution in [0.2, 0.25) is 0 Å². The van der Waals surface area contributed by atoms with Crippen LogP contribution in [0, 0.1) is 0 Å². The standard InChI is InChI=1S/C17H12F3N3O3/c1-26-15(25)9-2-5-11(6-3-9)21-14(24)10-4-7-12-13(8-10)23-16(22-12)17(18,19)20/h2-8H,1H3,(H,21,24)(H,22,23). The Bertz CT molecular complexity index is 978. The molecule has 0 bridgehead atoms. The Morgan fingerprint density at radius 2 is 1.73 bits per heavy atom. The minimum atomic E-state index is -4.59. The SMILES string of the molecule is COC(=O)c1ccc(NC(=O)c2ccc3nc(C(F)(F)F)[nH]c3c2)cc1. The number of aromatic nitrogens is 2. The first kappa shape index (κ1) is 17.5. The number of imidazole rings is 1. The maximum atomic E-state index is 12.7. The second-order valence-electron chi connectivity index (χ2n) is 5.34. The molecule has 0 aliphatic rings. The minimum Gasteiger partial charge on any atom is -0.465 e. The summed E-state index contributed by atoms with van der Waals surface area (Å²) in [6, 6.07) is 9.99. The molecule has 1 amide bonds. The van der Waals surface area contributed by atoms with Crippen molar-refractivity contribution in [3.63, 3.8) is 0 Å². The number of hydrogen-bond donors (Lipinski definition) is 2. The third-order valence-electron chi connectivity index (χ3n) is 3.58. The molecule has 2 aromatic carbocycles. The summed E-state index contributed by atoms with van der Waals surface area (Å²) < 4.78 is 42.6. The van der Waals surface area contributed by atoms with Crippen LogP contribution in [0.15, 0.2) is 42.5 Å². The fourth-order valence-corrected chi connectivity index (χ4v) is 2.30. The lowest BCUT2D eigenvalue weighted by Crippen LogP contribution is -2.12. The van der Waals surface area contributed by atoms with E-state index in [0.29, 0.717) is 11.3 Å². The van der Waals surface area contributed by atoms with E-state index in [1.165, 1.54) is 49.6 Å². The van der Waals surface area contributed by atoms with Crippen LogP contribution in [0.1, 0.15) is 26.5 Å². The van der Waals surface area contributed by atoms with Gasteiger partial charge in [-0.2, -0.15) is 13.2 Å². The number of ether oxygens (including phenoxy) is 1. The third-order valence-corrected chi connectivity index (χ3v) is 3.58. The van der Waals surface area contributed by atoms with Gasteiger partial charge in [0.25, 0.3) is 5.91 Å². The number of carbonyl (C=O) groups is 2. The molecule has 2 N–H and O–H groups in total. The number of halogens is 3. The Morgan fingerprint density at radius 1 is 1.08 bits per heavy atom. The zero-order valence-corrected chi connectivity index (χ0v) is 13.3. The minimum absolute atomic E-state index is 0.103. The lowest BCUT2D eigenvalue weighted by molar-refractivity contribution is -0.144. The molecule has 0 fully saturated rings. The summed E-state index contributed by atoms with van der Waals surface area (Å²) in [5.41, 5.74) is 1.11. The molecule has 3 rings (SSSR count). The van der Waals surface area contributed by atoms with E-state index in [-0.39, 0.29) is 16.6 Å². The Kier molecular flexibility index (Phi) is 4.37. The first-order valence-corrected chi connectivity index (χ1v) is 7.34. The van der Waals surface area contributed by atoms with Gasteiger partial charge in [-0.05, 0) is 42.5 Å². The van der Waals surface area contributed by atoms with Crippen LogP contribution in [0.5, 0.6) is 0 Å². The van der Waals surface area contributed by atoms with Gasteiger partial charge in [0.1, 0.15) is 0 Å². The molecule has 3 aromatic rings. The summed E-state index contributed by atoms with van der Waals surface area (Å²) in [5, 5.41) is 2.60. The van der Waals surface area contributed by atoms with Crippen LogP contribution >= 0.6 is 0 Å². The number of H-pyrrole nitrogens is 1. The Labute approximate surface area is 145 Å². The monoisotopic (exact) mass is 363 g/mol. The largest absolute Gasteiger partial charge is 0.465 e. The predicted molar refractivity (Wildman–Crippen MR) is 86.8 cm³/mol. The number of methoxy groups -OCH3 is 1. The molecule has 1 heterocycles. The highest BCUT2D eigenvalue weighted by atomic mass is 19.4. The maximum Gasteiger partial charge on any atom is 0.449 e. The Hall–Kier alpha value is -3.36. The molecular weight excluding hydrogens is 351 g/mol. The fourth-order valence-electron chi connectivity index (χ4n) is 2.30. The highest BCUT2D eigenvalue weighted by Gasteiger charge is 2.34. The van der Waals surface area contributed by atoms with Crippen LogP contribution in [-0.4, -0.2) is 29.0 Å². The first-order chi connectivity index (χ1) is 12.3. The molecule has 26 heavy (non-hydrogen) atoms. The van der Waals surface area contributed by atoms with Crippen molar-refractivity contribution in [1.82, 2.24) is 9.97 Å². The van der Waals surface area contributed by atoms with E-state index >= 15 is 0 Å².